The van der Waals surface area contributed by atoms with Crippen molar-refractivity contribution in [2.45, 2.75) is 24.5 Å². The Bertz CT molecular complexity index is 1180. The second-order valence-corrected chi connectivity index (χ2v) is 9.05. The molecule has 1 saturated heterocycles. The molecule has 0 saturated carbocycles. The van der Waals surface area contributed by atoms with Crippen LogP contribution in [0, 0.1) is 5.82 Å². The van der Waals surface area contributed by atoms with Gasteiger partial charge < -0.3 is 21.3 Å². The normalized spacial score (nSPS) is 17.4. The van der Waals surface area contributed by atoms with E-state index in [0.29, 0.717) is 10.9 Å². The summed E-state index contributed by atoms with van der Waals surface area (Å²) in [5.74, 6) is -2.83. The molecule has 0 radical (unpaired) electrons. The number of likely N-dealkylation sites (tertiary alicyclic amines) is 1. The second kappa shape index (κ2) is 10.0. The largest absolute Gasteiger partial charge is 0.366 e. The molecule has 9 nitrogen and oxygen atoms in total. The maximum atomic E-state index is 13.6. The number of nitrogens with one attached hydrogen (secondary N) is 2. The van der Waals surface area contributed by atoms with Crippen LogP contribution in [0.5, 0.6) is 0 Å². The number of carbonyl (C=O) groups excluding carboxylic acids is 4. The van der Waals surface area contributed by atoms with Crippen molar-refractivity contribution in [3.63, 3.8) is 0 Å². The van der Waals surface area contributed by atoms with Crippen LogP contribution in [0.1, 0.15) is 40.0 Å². The summed E-state index contributed by atoms with van der Waals surface area (Å²) in [4.78, 5) is 54.5. The molecular weight excluding hydrogens is 461 g/mol. The van der Waals surface area contributed by atoms with Gasteiger partial charge in [-0.05, 0) is 55.3 Å². The molecular formula is C23H22FN5O4S. The first kappa shape index (κ1) is 23.4. The van der Waals surface area contributed by atoms with E-state index in [1.54, 1.807) is 12.1 Å². The third kappa shape index (κ3) is 5.42. The summed E-state index contributed by atoms with van der Waals surface area (Å²) in [5.41, 5.74) is 5.76. The SMILES string of the molecule is NC(=O)c1cc(NC(=O)c2ccc(NC(=O)CC3SC(N4CCCC4)=NC3=O)cc2)ccc1F. The Balaban J connectivity index is 1.31. The standard InChI is InChI=1S/C23H22FN5O4S/c24-17-8-7-15(11-16(17)20(25)31)27-21(32)13-3-5-14(6-4-13)26-19(30)12-18-22(33)28-23(34-18)29-9-1-2-10-29/h3-8,11,18H,1-2,9-10,12H2,(H2,25,31)(H,26,30)(H,27,32). The molecule has 0 bridgehead atoms. The summed E-state index contributed by atoms with van der Waals surface area (Å²) in [6.07, 6.45) is 2.15. The van der Waals surface area contributed by atoms with Crippen molar-refractivity contribution in [2.24, 2.45) is 10.7 Å². The Labute approximate surface area is 199 Å². The zero-order chi connectivity index (χ0) is 24.2. The number of rotatable bonds is 6. The first-order valence-electron chi connectivity index (χ1n) is 10.6. The molecule has 2 aromatic carbocycles. The van der Waals surface area contributed by atoms with Gasteiger partial charge in [-0.25, -0.2) is 4.39 Å². The van der Waals surface area contributed by atoms with Crippen LogP contribution < -0.4 is 16.4 Å². The van der Waals surface area contributed by atoms with Gasteiger partial charge in [0, 0.05) is 36.4 Å². The van der Waals surface area contributed by atoms with E-state index in [-0.39, 0.29) is 35.0 Å². The van der Waals surface area contributed by atoms with E-state index in [4.69, 9.17) is 5.73 Å². The summed E-state index contributed by atoms with van der Waals surface area (Å²) < 4.78 is 13.6. The van der Waals surface area contributed by atoms with E-state index >= 15 is 0 Å². The first-order valence-corrected chi connectivity index (χ1v) is 11.5. The first-order chi connectivity index (χ1) is 16.3. The van der Waals surface area contributed by atoms with E-state index < -0.39 is 22.9 Å². The predicted molar refractivity (Wildman–Crippen MR) is 127 cm³/mol. The van der Waals surface area contributed by atoms with E-state index in [1.807, 2.05) is 0 Å². The third-order valence-corrected chi connectivity index (χ3v) is 6.61. The lowest BCUT2D eigenvalue weighted by Gasteiger charge is -2.16. The van der Waals surface area contributed by atoms with Crippen LogP contribution >= 0.6 is 11.8 Å². The Morgan fingerprint density at radius 2 is 1.74 bits per heavy atom. The van der Waals surface area contributed by atoms with E-state index in [0.717, 1.165) is 38.1 Å². The van der Waals surface area contributed by atoms with Gasteiger partial charge in [0.15, 0.2) is 5.17 Å². The van der Waals surface area contributed by atoms with Crippen LogP contribution in [-0.4, -0.2) is 52.0 Å². The summed E-state index contributed by atoms with van der Waals surface area (Å²) in [6.45, 7) is 1.76. The van der Waals surface area contributed by atoms with E-state index in [2.05, 4.69) is 20.5 Å². The zero-order valence-electron chi connectivity index (χ0n) is 18.0. The number of hydrogen-bond donors (Lipinski definition) is 3. The molecule has 2 aliphatic rings. The number of nitrogens with zero attached hydrogens (tertiary/aromatic N) is 2. The van der Waals surface area contributed by atoms with Crippen molar-refractivity contribution in [1.29, 1.82) is 0 Å². The molecule has 1 unspecified atom stereocenters. The number of amides is 4. The summed E-state index contributed by atoms with van der Waals surface area (Å²) in [7, 11) is 0. The minimum Gasteiger partial charge on any atom is -0.366 e. The number of thioether (sulfide) groups is 1. The van der Waals surface area contributed by atoms with Crippen LogP contribution in [-0.2, 0) is 9.59 Å². The van der Waals surface area contributed by atoms with Crippen molar-refractivity contribution in [3.05, 3.63) is 59.4 Å². The number of aliphatic imine (C=N–C) groups is 1. The highest BCUT2D eigenvalue weighted by Gasteiger charge is 2.33. The van der Waals surface area contributed by atoms with Crippen LogP contribution in [0.25, 0.3) is 0 Å². The summed E-state index contributed by atoms with van der Waals surface area (Å²) in [5, 5.41) is 5.44. The minimum absolute atomic E-state index is 0.000654. The van der Waals surface area contributed by atoms with Gasteiger partial charge in [0.2, 0.25) is 5.91 Å². The molecule has 1 atom stereocenters. The van der Waals surface area contributed by atoms with Crippen molar-refractivity contribution >= 4 is 51.9 Å². The maximum absolute atomic E-state index is 13.6. The van der Waals surface area contributed by atoms with E-state index in [1.165, 1.54) is 30.0 Å². The minimum atomic E-state index is -0.940. The van der Waals surface area contributed by atoms with Gasteiger partial charge in [0.25, 0.3) is 17.7 Å². The fourth-order valence-electron chi connectivity index (χ4n) is 3.63. The van der Waals surface area contributed by atoms with Gasteiger partial charge >= 0.3 is 0 Å². The Hall–Kier alpha value is -3.73. The molecule has 4 amide bonds. The quantitative estimate of drug-likeness (QED) is 0.578. The smallest absolute Gasteiger partial charge is 0.262 e. The molecule has 0 aliphatic carbocycles. The lowest BCUT2D eigenvalue weighted by atomic mass is 10.1. The van der Waals surface area contributed by atoms with Gasteiger partial charge in [-0.2, -0.15) is 4.99 Å². The van der Waals surface area contributed by atoms with Gasteiger partial charge in [-0.1, -0.05) is 11.8 Å². The Morgan fingerprint density at radius 3 is 2.41 bits per heavy atom. The number of primary amides is 1. The fourth-order valence-corrected chi connectivity index (χ4v) is 4.75. The van der Waals surface area contributed by atoms with Crippen LogP contribution in [0.2, 0.25) is 0 Å². The summed E-state index contributed by atoms with van der Waals surface area (Å²) in [6, 6.07) is 9.65. The third-order valence-electron chi connectivity index (χ3n) is 5.40. The van der Waals surface area contributed by atoms with Crippen molar-refractivity contribution in [2.75, 3.05) is 23.7 Å². The number of anilines is 2. The van der Waals surface area contributed by atoms with Crippen molar-refractivity contribution in [3.8, 4) is 0 Å². The highest BCUT2D eigenvalue weighted by atomic mass is 32.2. The molecule has 4 N–H and O–H groups in total. The highest BCUT2D eigenvalue weighted by molar-refractivity contribution is 8.15. The van der Waals surface area contributed by atoms with Crippen molar-refractivity contribution < 1.29 is 23.6 Å². The van der Waals surface area contributed by atoms with Gasteiger partial charge in [0.1, 0.15) is 11.1 Å². The van der Waals surface area contributed by atoms with Crippen LogP contribution in [0.4, 0.5) is 15.8 Å². The Kier molecular flexibility index (Phi) is 6.92. The molecule has 2 aromatic rings. The molecule has 176 valence electrons. The van der Waals surface area contributed by atoms with Gasteiger partial charge in [0.05, 0.1) is 5.56 Å². The van der Waals surface area contributed by atoms with Crippen molar-refractivity contribution in [1.82, 2.24) is 4.90 Å². The fraction of sp³-hybridized carbons (Fsp3) is 0.261. The molecule has 4 rings (SSSR count). The zero-order valence-corrected chi connectivity index (χ0v) is 18.9. The molecule has 0 aromatic heterocycles. The molecule has 11 heteroatoms. The lowest BCUT2D eigenvalue weighted by Crippen LogP contribution is -2.25. The lowest BCUT2D eigenvalue weighted by molar-refractivity contribution is -0.121. The average molecular weight is 484 g/mol. The molecule has 1 fully saturated rings. The highest BCUT2D eigenvalue weighted by Crippen LogP contribution is 2.29. The molecule has 2 aliphatic heterocycles. The van der Waals surface area contributed by atoms with Gasteiger partial charge in [-0.3, -0.25) is 19.2 Å². The second-order valence-electron chi connectivity index (χ2n) is 7.88. The topological polar surface area (TPSA) is 134 Å². The molecule has 2 heterocycles. The Morgan fingerprint density at radius 1 is 1.06 bits per heavy atom. The molecule has 0 spiro atoms. The van der Waals surface area contributed by atoms with Gasteiger partial charge in [-0.15, -0.1) is 0 Å². The maximum Gasteiger partial charge on any atom is 0.262 e. The monoisotopic (exact) mass is 483 g/mol. The number of halogens is 1. The summed E-state index contributed by atoms with van der Waals surface area (Å²) >= 11 is 1.33. The average Bonchev–Trinajstić information content (AvgIpc) is 3.45. The van der Waals surface area contributed by atoms with Crippen LogP contribution in [0.15, 0.2) is 47.5 Å². The number of hydrogen-bond acceptors (Lipinski definition) is 6. The molecule has 34 heavy (non-hydrogen) atoms. The predicted octanol–water partition coefficient (Wildman–Crippen LogP) is 2.60. The number of carbonyl (C=O) groups is 4. The number of nitrogens with two attached hydrogens (primary N) is 1. The number of amidine groups is 1. The van der Waals surface area contributed by atoms with E-state index in [9.17, 15) is 23.6 Å². The van der Waals surface area contributed by atoms with Crippen LogP contribution in [0.3, 0.4) is 0 Å². The number of benzene rings is 2.